The number of nitrogens with zero attached hydrogens (tertiary/aromatic N) is 3. The highest BCUT2D eigenvalue weighted by Crippen LogP contribution is 2.14. The molecule has 0 amide bonds. The fourth-order valence-corrected chi connectivity index (χ4v) is 1.74. The fraction of sp³-hybridized carbons (Fsp3) is 0.636. The third kappa shape index (κ3) is 2.82. The minimum absolute atomic E-state index is 0.0737. The van der Waals surface area contributed by atoms with Gasteiger partial charge in [-0.25, -0.2) is 0 Å². The van der Waals surface area contributed by atoms with Crippen LogP contribution < -0.4 is 0 Å². The van der Waals surface area contributed by atoms with Crippen molar-refractivity contribution in [1.82, 2.24) is 14.7 Å². The van der Waals surface area contributed by atoms with E-state index < -0.39 is 5.97 Å². The fourth-order valence-electron chi connectivity index (χ4n) is 1.74. The minimum atomic E-state index is -0.791. The van der Waals surface area contributed by atoms with Crippen LogP contribution in [0.4, 0.5) is 0 Å². The molecule has 0 aliphatic heterocycles. The summed E-state index contributed by atoms with van der Waals surface area (Å²) in [6.45, 7) is 7.36. The highest BCUT2D eigenvalue weighted by atomic mass is 16.4. The van der Waals surface area contributed by atoms with E-state index in [1.807, 2.05) is 37.4 Å². The van der Waals surface area contributed by atoms with Crippen LogP contribution in [-0.4, -0.2) is 38.8 Å². The Morgan fingerprint density at radius 2 is 2.12 bits per heavy atom. The van der Waals surface area contributed by atoms with E-state index in [-0.39, 0.29) is 6.54 Å². The van der Waals surface area contributed by atoms with Crippen molar-refractivity contribution in [3.63, 3.8) is 0 Å². The second-order valence-corrected chi connectivity index (χ2v) is 3.97. The lowest BCUT2D eigenvalue weighted by Gasteiger charge is -2.18. The van der Waals surface area contributed by atoms with Gasteiger partial charge in [0, 0.05) is 24.8 Å². The molecule has 1 aromatic heterocycles. The van der Waals surface area contributed by atoms with Gasteiger partial charge in [-0.05, 0) is 20.4 Å². The van der Waals surface area contributed by atoms with Crippen molar-refractivity contribution in [3.8, 4) is 0 Å². The van der Waals surface area contributed by atoms with E-state index in [4.69, 9.17) is 5.11 Å². The molecule has 0 aromatic carbocycles. The zero-order valence-corrected chi connectivity index (χ0v) is 10.3. The topological polar surface area (TPSA) is 58.4 Å². The Kier molecular flexibility index (Phi) is 4.06. The van der Waals surface area contributed by atoms with Gasteiger partial charge in [-0.1, -0.05) is 6.92 Å². The molecule has 0 fully saturated rings. The lowest BCUT2D eigenvalue weighted by Crippen LogP contribution is -2.29. The molecule has 0 aliphatic rings. The van der Waals surface area contributed by atoms with E-state index in [0.29, 0.717) is 6.54 Å². The van der Waals surface area contributed by atoms with Gasteiger partial charge in [0.1, 0.15) is 0 Å². The molecule has 0 saturated carbocycles. The largest absolute Gasteiger partial charge is 0.480 e. The second-order valence-electron chi connectivity index (χ2n) is 3.97. The van der Waals surface area contributed by atoms with Gasteiger partial charge < -0.3 is 5.11 Å². The van der Waals surface area contributed by atoms with Crippen LogP contribution in [0.1, 0.15) is 23.9 Å². The van der Waals surface area contributed by atoms with Gasteiger partial charge >= 0.3 is 5.97 Å². The van der Waals surface area contributed by atoms with Crippen LogP contribution >= 0.6 is 0 Å². The predicted molar refractivity (Wildman–Crippen MR) is 61.3 cm³/mol. The Morgan fingerprint density at radius 1 is 1.50 bits per heavy atom. The number of carboxylic acids is 1. The van der Waals surface area contributed by atoms with Crippen LogP contribution in [0.3, 0.4) is 0 Å². The molecular weight excluding hydrogens is 206 g/mol. The molecule has 5 heteroatoms. The Bertz CT molecular complexity index is 385. The Morgan fingerprint density at radius 3 is 2.50 bits per heavy atom. The maximum atomic E-state index is 10.7. The average Bonchev–Trinajstić information content (AvgIpc) is 2.43. The second kappa shape index (κ2) is 5.12. The van der Waals surface area contributed by atoms with Gasteiger partial charge in [-0.3, -0.25) is 14.4 Å². The van der Waals surface area contributed by atoms with Crippen molar-refractivity contribution < 1.29 is 9.90 Å². The van der Waals surface area contributed by atoms with E-state index in [1.54, 1.807) is 0 Å². The lowest BCUT2D eigenvalue weighted by atomic mass is 10.2. The normalized spacial score (nSPS) is 11.1. The Balaban J connectivity index is 2.81. The third-order valence-corrected chi connectivity index (χ3v) is 2.85. The van der Waals surface area contributed by atoms with Gasteiger partial charge in [0.2, 0.25) is 0 Å². The number of aromatic nitrogens is 2. The molecule has 1 rings (SSSR count). The van der Waals surface area contributed by atoms with Crippen molar-refractivity contribution >= 4 is 5.97 Å². The molecule has 0 radical (unpaired) electrons. The van der Waals surface area contributed by atoms with E-state index in [0.717, 1.165) is 23.5 Å². The van der Waals surface area contributed by atoms with Crippen LogP contribution in [0.2, 0.25) is 0 Å². The van der Waals surface area contributed by atoms with Crippen molar-refractivity contribution in [1.29, 1.82) is 0 Å². The maximum Gasteiger partial charge on any atom is 0.317 e. The number of carbonyl (C=O) groups is 1. The highest BCUT2D eigenvalue weighted by Gasteiger charge is 2.14. The van der Waals surface area contributed by atoms with Crippen molar-refractivity contribution in [2.24, 2.45) is 7.05 Å². The summed E-state index contributed by atoms with van der Waals surface area (Å²) in [4.78, 5) is 12.6. The van der Waals surface area contributed by atoms with Crippen molar-refractivity contribution in [2.45, 2.75) is 27.3 Å². The summed E-state index contributed by atoms with van der Waals surface area (Å²) in [5, 5.41) is 13.1. The summed E-state index contributed by atoms with van der Waals surface area (Å²) >= 11 is 0. The van der Waals surface area contributed by atoms with Gasteiger partial charge in [-0.15, -0.1) is 0 Å². The number of likely N-dealkylation sites (N-methyl/N-ethyl adjacent to an activating group) is 1. The first-order chi connectivity index (χ1) is 7.45. The predicted octanol–water partition coefficient (Wildman–Crippen LogP) is 0.943. The van der Waals surface area contributed by atoms with E-state index in [1.165, 1.54) is 0 Å². The van der Waals surface area contributed by atoms with E-state index in [2.05, 4.69) is 5.10 Å². The number of hydrogen-bond acceptors (Lipinski definition) is 3. The molecule has 0 aliphatic carbocycles. The van der Waals surface area contributed by atoms with Crippen molar-refractivity contribution in [2.75, 3.05) is 13.1 Å². The summed E-state index contributed by atoms with van der Waals surface area (Å²) < 4.78 is 1.83. The molecule has 0 atom stereocenters. The smallest absolute Gasteiger partial charge is 0.317 e. The first-order valence-corrected chi connectivity index (χ1v) is 5.39. The number of rotatable bonds is 5. The molecule has 1 N–H and O–H groups in total. The first-order valence-electron chi connectivity index (χ1n) is 5.39. The van der Waals surface area contributed by atoms with Gasteiger partial charge in [0.05, 0.1) is 12.2 Å². The monoisotopic (exact) mass is 225 g/mol. The average molecular weight is 225 g/mol. The number of carboxylic acid groups (broad SMARTS) is 1. The zero-order chi connectivity index (χ0) is 12.3. The molecule has 0 saturated heterocycles. The number of hydrogen-bond donors (Lipinski definition) is 1. The molecule has 5 nitrogen and oxygen atoms in total. The summed E-state index contributed by atoms with van der Waals surface area (Å²) in [5.41, 5.74) is 3.20. The minimum Gasteiger partial charge on any atom is -0.480 e. The van der Waals surface area contributed by atoms with Crippen LogP contribution in [0.15, 0.2) is 0 Å². The van der Waals surface area contributed by atoms with Crippen LogP contribution in [0, 0.1) is 13.8 Å². The summed E-state index contributed by atoms with van der Waals surface area (Å²) in [6.07, 6.45) is 0. The maximum absolute atomic E-state index is 10.7. The SMILES string of the molecule is CCN(CC(=O)O)Cc1c(C)nn(C)c1C. The molecule has 90 valence electrons. The molecule has 0 unspecified atom stereocenters. The molecule has 0 spiro atoms. The van der Waals surface area contributed by atoms with Crippen LogP contribution in [0.25, 0.3) is 0 Å². The van der Waals surface area contributed by atoms with Gasteiger partial charge in [0.15, 0.2) is 0 Å². The highest BCUT2D eigenvalue weighted by molar-refractivity contribution is 5.69. The van der Waals surface area contributed by atoms with Crippen LogP contribution in [0.5, 0.6) is 0 Å². The zero-order valence-electron chi connectivity index (χ0n) is 10.3. The standard InChI is InChI=1S/C11H19N3O2/c1-5-14(7-11(15)16)6-10-8(2)12-13(4)9(10)3/h5-7H2,1-4H3,(H,15,16). The molecule has 16 heavy (non-hydrogen) atoms. The number of aryl methyl sites for hydroxylation is 2. The quantitative estimate of drug-likeness (QED) is 0.810. The summed E-state index contributed by atoms with van der Waals surface area (Å²) in [6, 6.07) is 0. The summed E-state index contributed by atoms with van der Waals surface area (Å²) in [5.74, 6) is -0.791. The lowest BCUT2D eigenvalue weighted by molar-refractivity contribution is -0.138. The molecule has 1 heterocycles. The Labute approximate surface area is 95.7 Å². The first kappa shape index (κ1) is 12.7. The molecule has 1 aromatic rings. The van der Waals surface area contributed by atoms with Crippen LogP contribution in [-0.2, 0) is 18.4 Å². The summed E-state index contributed by atoms with van der Waals surface area (Å²) in [7, 11) is 1.90. The van der Waals surface area contributed by atoms with E-state index in [9.17, 15) is 4.79 Å². The van der Waals surface area contributed by atoms with Crippen molar-refractivity contribution in [3.05, 3.63) is 17.0 Å². The Hall–Kier alpha value is -1.36. The number of aliphatic carboxylic acids is 1. The van der Waals surface area contributed by atoms with E-state index >= 15 is 0 Å². The third-order valence-electron chi connectivity index (χ3n) is 2.85. The molecular formula is C11H19N3O2. The van der Waals surface area contributed by atoms with Gasteiger partial charge in [-0.2, -0.15) is 5.10 Å². The molecule has 0 bridgehead atoms. The van der Waals surface area contributed by atoms with Gasteiger partial charge in [0.25, 0.3) is 0 Å².